The van der Waals surface area contributed by atoms with Crippen LogP contribution in [-0.2, 0) is 12.6 Å². The lowest BCUT2D eigenvalue weighted by molar-refractivity contribution is -0.137. The molecule has 3 aromatic rings. The van der Waals surface area contributed by atoms with E-state index in [1.54, 1.807) is 6.07 Å². The smallest absolute Gasteiger partial charge is 0.416 e. The Bertz CT molecular complexity index is 1230. The monoisotopic (exact) mass is 489 g/mol. The molecule has 1 unspecified atom stereocenters. The predicted molar refractivity (Wildman–Crippen MR) is 120 cm³/mol. The van der Waals surface area contributed by atoms with Gasteiger partial charge in [-0.05, 0) is 66.1 Å². The largest absolute Gasteiger partial charge is 0.493 e. The normalized spacial score (nSPS) is 15.4. The van der Waals surface area contributed by atoms with E-state index in [0.717, 1.165) is 23.8 Å². The molecule has 4 rings (SSSR count). The van der Waals surface area contributed by atoms with Crippen molar-refractivity contribution in [2.24, 2.45) is 0 Å². The van der Waals surface area contributed by atoms with Gasteiger partial charge in [0.15, 0.2) is 11.5 Å². The maximum Gasteiger partial charge on any atom is 0.416 e. The number of alkyl halides is 3. The van der Waals surface area contributed by atoms with E-state index in [1.807, 2.05) is 6.07 Å². The van der Waals surface area contributed by atoms with Crippen LogP contribution in [-0.4, -0.2) is 38.2 Å². The Morgan fingerprint density at radius 3 is 2.40 bits per heavy atom. The van der Waals surface area contributed by atoms with Crippen molar-refractivity contribution in [3.63, 3.8) is 0 Å². The summed E-state index contributed by atoms with van der Waals surface area (Å²) in [6.07, 6.45) is -4.02. The quantitative estimate of drug-likeness (QED) is 0.418. The van der Waals surface area contributed by atoms with Gasteiger partial charge in [-0.3, -0.25) is 4.79 Å². The highest BCUT2D eigenvalue weighted by Gasteiger charge is 2.34. The van der Waals surface area contributed by atoms with Crippen LogP contribution in [0.3, 0.4) is 0 Å². The van der Waals surface area contributed by atoms with Gasteiger partial charge in [-0.25, -0.2) is 4.39 Å². The maximum atomic E-state index is 13.8. The molecule has 1 heterocycles. The Kier molecular flexibility index (Phi) is 6.86. The number of carbonyl (C=O) groups excluding carboxylic acids is 1. The van der Waals surface area contributed by atoms with Crippen LogP contribution >= 0.6 is 0 Å². The number of ether oxygens (including phenoxy) is 3. The van der Waals surface area contributed by atoms with Gasteiger partial charge in [-0.2, -0.15) is 13.2 Å². The molecule has 1 amide bonds. The maximum absolute atomic E-state index is 13.8. The van der Waals surface area contributed by atoms with Crippen LogP contribution in [0.1, 0.15) is 33.1 Å². The summed E-state index contributed by atoms with van der Waals surface area (Å²) in [5.74, 6) is 0.0219. The SMILES string of the molecule is COc1cc2c(cc1OC)C(COc1cccc(C(F)(F)F)c1)N(C(=O)c1cccc(F)c1)CC2. The van der Waals surface area contributed by atoms with E-state index in [1.165, 1.54) is 49.5 Å². The molecule has 9 heteroatoms. The fraction of sp³-hybridized carbons (Fsp3) is 0.269. The summed E-state index contributed by atoms with van der Waals surface area (Å²) in [5, 5.41) is 0. The van der Waals surface area contributed by atoms with Crippen molar-refractivity contribution in [2.75, 3.05) is 27.4 Å². The first kappa shape index (κ1) is 24.4. The minimum Gasteiger partial charge on any atom is -0.493 e. The number of benzene rings is 3. The summed E-state index contributed by atoms with van der Waals surface area (Å²) < 4.78 is 69.8. The fourth-order valence-electron chi connectivity index (χ4n) is 4.18. The predicted octanol–water partition coefficient (Wildman–Crippen LogP) is 5.68. The van der Waals surface area contributed by atoms with Crippen molar-refractivity contribution in [2.45, 2.75) is 18.6 Å². The van der Waals surface area contributed by atoms with Gasteiger partial charge in [-0.1, -0.05) is 12.1 Å². The van der Waals surface area contributed by atoms with E-state index in [4.69, 9.17) is 14.2 Å². The number of carbonyl (C=O) groups is 1. The van der Waals surface area contributed by atoms with E-state index < -0.39 is 29.5 Å². The average Bonchev–Trinajstić information content (AvgIpc) is 2.85. The van der Waals surface area contributed by atoms with Gasteiger partial charge in [-0.15, -0.1) is 0 Å². The number of fused-ring (bicyclic) bond motifs is 1. The lowest BCUT2D eigenvalue weighted by Gasteiger charge is -2.37. The number of hydrogen-bond acceptors (Lipinski definition) is 4. The Morgan fingerprint density at radius 1 is 1.00 bits per heavy atom. The molecule has 0 saturated heterocycles. The van der Waals surface area contributed by atoms with Crippen molar-refractivity contribution in [1.29, 1.82) is 0 Å². The Morgan fingerprint density at radius 2 is 1.71 bits per heavy atom. The van der Waals surface area contributed by atoms with Crippen LogP contribution in [0.25, 0.3) is 0 Å². The van der Waals surface area contributed by atoms with Crippen LogP contribution in [0.4, 0.5) is 17.6 Å². The third-order valence-corrected chi connectivity index (χ3v) is 5.90. The third-order valence-electron chi connectivity index (χ3n) is 5.90. The van der Waals surface area contributed by atoms with Gasteiger partial charge in [0.05, 0.1) is 25.8 Å². The van der Waals surface area contributed by atoms with Gasteiger partial charge >= 0.3 is 6.18 Å². The van der Waals surface area contributed by atoms with Gasteiger partial charge in [0.25, 0.3) is 5.91 Å². The molecule has 0 radical (unpaired) electrons. The first-order valence-corrected chi connectivity index (χ1v) is 10.8. The number of methoxy groups -OCH3 is 2. The lowest BCUT2D eigenvalue weighted by atomic mass is 9.91. The number of nitrogens with zero attached hydrogens (tertiary/aromatic N) is 1. The average molecular weight is 489 g/mol. The van der Waals surface area contributed by atoms with E-state index in [9.17, 15) is 22.4 Å². The summed E-state index contributed by atoms with van der Waals surface area (Å²) in [5.41, 5.74) is 0.936. The summed E-state index contributed by atoms with van der Waals surface area (Å²) in [6, 6.07) is 12.8. The lowest BCUT2D eigenvalue weighted by Crippen LogP contribution is -2.42. The molecule has 1 aliphatic rings. The summed E-state index contributed by atoms with van der Waals surface area (Å²) >= 11 is 0. The molecular formula is C26H23F4NO4. The van der Waals surface area contributed by atoms with Crippen LogP contribution in [0, 0.1) is 5.82 Å². The van der Waals surface area contributed by atoms with E-state index in [-0.39, 0.29) is 17.9 Å². The van der Waals surface area contributed by atoms with Gasteiger partial charge < -0.3 is 19.1 Å². The molecular weight excluding hydrogens is 466 g/mol. The summed E-state index contributed by atoms with van der Waals surface area (Å²) in [4.78, 5) is 14.9. The molecule has 5 nitrogen and oxygen atoms in total. The Balaban J connectivity index is 1.70. The van der Waals surface area contributed by atoms with Gasteiger partial charge in [0.2, 0.25) is 0 Å². The van der Waals surface area contributed by atoms with E-state index in [2.05, 4.69) is 0 Å². The topological polar surface area (TPSA) is 48.0 Å². The van der Waals surface area contributed by atoms with Crippen LogP contribution in [0.15, 0.2) is 60.7 Å². The minimum atomic E-state index is -4.51. The molecule has 0 saturated carbocycles. The highest BCUT2D eigenvalue weighted by Crippen LogP contribution is 2.39. The minimum absolute atomic E-state index is 0.0191. The Labute approximate surface area is 199 Å². The number of hydrogen-bond donors (Lipinski definition) is 0. The molecule has 3 aromatic carbocycles. The highest BCUT2D eigenvalue weighted by atomic mass is 19.4. The zero-order valence-electron chi connectivity index (χ0n) is 19.1. The van der Waals surface area contributed by atoms with Crippen LogP contribution in [0.2, 0.25) is 0 Å². The second-order valence-corrected chi connectivity index (χ2v) is 8.02. The zero-order valence-corrected chi connectivity index (χ0v) is 19.1. The van der Waals surface area contributed by atoms with E-state index >= 15 is 0 Å². The Hall–Kier alpha value is -3.75. The number of amides is 1. The summed E-state index contributed by atoms with van der Waals surface area (Å²) in [6.45, 7) is 0.180. The van der Waals surface area contributed by atoms with Gasteiger partial charge in [0, 0.05) is 12.1 Å². The van der Waals surface area contributed by atoms with Crippen LogP contribution in [0.5, 0.6) is 17.2 Å². The standard InChI is InChI=1S/C26H23F4NO4/c1-33-23-12-16-9-10-31(25(32)17-5-3-7-19(27)11-17)22(21(16)14-24(23)34-2)15-35-20-8-4-6-18(13-20)26(28,29)30/h3-8,11-14,22H,9-10,15H2,1-2H3. The first-order valence-electron chi connectivity index (χ1n) is 10.8. The van der Waals surface area contributed by atoms with Crippen molar-refractivity contribution in [3.05, 3.63) is 88.7 Å². The number of halogens is 4. The van der Waals surface area contributed by atoms with Crippen molar-refractivity contribution in [3.8, 4) is 17.2 Å². The molecule has 1 aliphatic heterocycles. The molecule has 35 heavy (non-hydrogen) atoms. The third kappa shape index (κ3) is 5.18. The molecule has 184 valence electrons. The highest BCUT2D eigenvalue weighted by molar-refractivity contribution is 5.94. The van der Waals surface area contributed by atoms with Crippen molar-refractivity contribution >= 4 is 5.91 Å². The fourth-order valence-corrected chi connectivity index (χ4v) is 4.18. The van der Waals surface area contributed by atoms with Crippen molar-refractivity contribution < 1.29 is 36.6 Å². The second kappa shape index (κ2) is 9.85. The molecule has 1 atom stereocenters. The number of rotatable bonds is 6. The summed E-state index contributed by atoms with van der Waals surface area (Å²) in [7, 11) is 3.00. The second-order valence-electron chi connectivity index (χ2n) is 8.02. The van der Waals surface area contributed by atoms with Crippen LogP contribution < -0.4 is 14.2 Å². The molecule has 0 aliphatic carbocycles. The zero-order chi connectivity index (χ0) is 25.2. The molecule has 0 bridgehead atoms. The van der Waals surface area contributed by atoms with Gasteiger partial charge in [0.1, 0.15) is 18.2 Å². The molecule has 0 spiro atoms. The first-order chi connectivity index (χ1) is 16.7. The molecule has 0 N–H and O–H groups in total. The molecule has 0 aromatic heterocycles. The molecule has 0 fully saturated rings. The van der Waals surface area contributed by atoms with Crippen molar-refractivity contribution in [1.82, 2.24) is 4.90 Å². The van der Waals surface area contributed by atoms with E-state index in [0.29, 0.717) is 30.0 Å².